The fourth-order valence-corrected chi connectivity index (χ4v) is 8.95. The highest BCUT2D eigenvalue weighted by Gasteiger charge is 2.41. The largest absolute Gasteiger partial charge is 0.306 e. The van der Waals surface area contributed by atoms with Gasteiger partial charge in [-0.1, -0.05) is 109 Å². The number of para-hydroxylation sites is 2. The average Bonchev–Trinajstić information content (AvgIpc) is 3.33. The Kier molecular flexibility index (Phi) is 5.02. The van der Waals surface area contributed by atoms with Crippen molar-refractivity contribution in [1.29, 1.82) is 0 Å². The van der Waals surface area contributed by atoms with Gasteiger partial charge in [0.05, 0.1) is 33.8 Å². The summed E-state index contributed by atoms with van der Waals surface area (Å²) in [5.74, 6) is 0.0767. The quantitative estimate of drug-likeness (QED) is 0.166. The normalized spacial score (nSPS) is 16.3. The fraction of sp³-hybridized carbons (Fsp3) is 0.0213. The standard InChI is InChI=1S/C47H29N3/c1-2-11-30-23-34-26-37(21-20-33(34)22-29(30)10-1)48-43-19-8-6-15-41-40-17-9-16-39-38-14-5-7-18-42(38)49(46(39)40)50(47(41)43)45-28-36-25-32-13-4-3-12-31(32)24-35(36)27-44(45)48/h1-28,41H. The summed E-state index contributed by atoms with van der Waals surface area (Å²) in [6.45, 7) is 0. The summed E-state index contributed by atoms with van der Waals surface area (Å²) < 4.78 is 2.49. The summed E-state index contributed by atoms with van der Waals surface area (Å²) in [4.78, 5) is 2.51. The number of rotatable bonds is 1. The zero-order valence-electron chi connectivity index (χ0n) is 27.1. The molecule has 0 N–H and O–H groups in total. The maximum atomic E-state index is 2.53. The SMILES string of the molecule is C1=CC2=C3C(C=C1)c1cccc4c5ccccc5n(c14)N3c1cc3cc4ccccc4cc3cc1N2c1ccc2cc3ccccc3cc2c1. The summed E-state index contributed by atoms with van der Waals surface area (Å²) in [6, 6.07) is 54.2. The molecule has 1 aromatic heterocycles. The van der Waals surface area contributed by atoms with Crippen LogP contribution in [0.1, 0.15) is 11.5 Å². The van der Waals surface area contributed by atoms with Gasteiger partial charge in [0.15, 0.2) is 0 Å². The molecule has 2 aliphatic heterocycles. The van der Waals surface area contributed by atoms with Crippen LogP contribution in [0.4, 0.5) is 17.1 Å². The first kappa shape index (κ1) is 26.4. The van der Waals surface area contributed by atoms with E-state index in [-0.39, 0.29) is 5.92 Å². The Morgan fingerprint density at radius 2 is 1.08 bits per heavy atom. The molecule has 3 heterocycles. The van der Waals surface area contributed by atoms with E-state index in [4.69, 9.17) is 0 Å². The lowest BCUT2D eigenvalue weighted by Gasteiger charge is -2.46. The molecular formula is C47H29N3. The lowest BCUT2D eigenvalue weighted by Crippen LogP contribution is -2.41. The third kappa shape index (κ3) is 3.43. The van der Waals surface area contributed by atoms with Crippen molar-refractivity contribution in [2.24, 2.45) is 0 Å². The Bertz CT molecular complexity index is 3060. The molecule has 0 radical (unpaired) electrons. The predicted octanol–water partition coefficient (Wildman–Crippen LogP) is 12.3. The van der Waals surface area contributed by atoms with Crippen LogP contribution in [0.15, 0.2) is 181 Å². The van der Waals surface area contributed by atoms with E-state index in [0.29, 0.717) is 0 Å². The van der Waals surface area contributed by atoms with Crippen molar-refractivity contribution >= 4 is 82.0 Å². The van der Waals surface area contributed by atoms with Crippen LogP contribution in [0, 0.1) is 0 Å². The number of allylic oxidation sites excluding steroid dienone is 4. The van der Waals surface area contributed by atoms with Crippen LogP contribution in [-0.4, -0.2) is 4.68 Å². The number of fused-ring (bicyclic) bond motifs is 11. The Hall–Kier alpha value is -6.58. The van der Waals surface area contributed by atoms with Gasteiger partial charge in [-0.15, -0.1) is 0 Å². The van der Waals surface area contributed by atoms with Crippen molar-refractivity contribution in [1.82, 2.24) is 4.68 Å². The Labute approximate surface area is 288 Å². The molecular weight excluding hydrogens is 607 g/mol. The minimum Gasteiger partial charge on any atom is -0.306 e. The van der Waals surface area contributed by atoms with Gasteiger partial charge >= 0.3 is 0 Å². The van der Waals surface area contributed by atoms with E-state index < -0.39 is 0 Å². The van der Waals surface area contributed by atoms with Gasteiger partial charge in [0.1, 0.15) is 0 Å². The average molecular weight is 636 g/mol. The molecule has 1 unspecified atom stereocenters. The molecule has 0 saturated carbocycles. The second kappa shape index (κ2) is 9.52. The Balaban J connectivity index is 1.22. The number of aromatic nitrogens is 1. The number of hydrogen-bond donors (Lipinski definition) is 0. The molecule has 50 heavy (non-hydrogen) atoms. The van der Waals surface area contributed by atoms with E-state index in [1.165, 1.54) is 93.2 Å². The minimum atomic E-state index is 0.0767. The molecule has 9 aromatic rings. The van der Waals surface area contributed by atoms with E-state index in [9.17, 15) is 0 Å². The van der Waals surface area contributed by atoms with E-state index in [0.717, 1.165) is 5.69 Å². The molecule has 0 fully saturated rings. The van der Waals surface area contributed by atoms with Crippen LogP contribution >= 0.6 is 0 Å². The van der Waals surface area contributed by atoms with Crippen molar-refractivity contribution < 1.29 is 0 Å². The summed E-state index contributed by atoms with van der Waals surface area (Å²) in [7, 11) is 0. The van der Waals surface area contributed by atoms with Gasteiger partial charge in [0, 0.05) is 22.4 Å². The molecule has 1 atom stereocenters. The lowest BCUT2D eigenvalue weighted by molar-refractivity contribution is 0.722. The van der Waals surface area contributed by atoms with Gasteiger partial charge < -0.3 is 4.90 Å². The Morgan fingerprint density at radius 3 is 1.84 bits per heavy atom. The summed E-state index contributed by atoms with van der Waals surface area (Å²) in [5.41, 5.74) is 9.79. The molecule has 3 nitrogen and oxygen atoms in total. The van der Waals surface area contributed by atoms with Gasteiger partial charge in [-0.3, -0.25) is 0 Å². The van der Waals surface area contributed by atoms with Gasteiger partial charge in [-0.05, 0) is 109 Å². The maximum Gasteiger partial charge on any atom is 0.0881 e. The monoisotopic (exact) mass is 635 g/mol. The van der Waals surface area contributed by atoms with Gasteiger partial charge in [-0.2, -0.15) is 0 Å². The van der Waals surface area contributed by atoms with E-state index in [2.05, 4.69) is 184 Å². The number of nitrogens with zero attached hydrogens (tertiary/aromatic N) is 3. The van der Waals surface area contributed by atoms with E-state index in [1.54, 1.807) is 0 Å². The highest BCUT2D eigenvalue weighted by Crippen LogP contribution is 2.55. The summed E-state index contributed by atoms with van der Waals surface area (Å²) >= 11 is 0. The highest BCUT2D eigenvalue weighted by molar-refractivity contribution is 6.12. The fourth-order valence-electron chi connectivity index (χ4n) is 8.95. The molecule has 0 bridgehead atoms. The molecule has 12 rings (SSSR count). The third-order valence-corrected chi connectivity index (χ3v) is 11.1. The molecule has 232 valence electrons. The molecule has 1 aliphatic carbocycles. The zero-order valence-corrected chi connectivity index (χ0v) is 27.1. The van der Waals surface area contributed by atoms with Gasteiger partial charge in [0.2, 0.25) is 0 Å². The highest BCUT2D eigenvalue weighted by atomic mass is 15.6. The second-order valence-electron chi connectivity index (χ2n) is 13.8. The molecule has 0 spiro atoms. The van der Waals surface area contributed by atoms with Crippen LogP contribution in [0.5, 0.6) is 0 Å². The summed E-state index contributed by atoms with van der Waals surface area (Å²) in [5, 5.41) is 15.1. The molecule has 0 amide bonds. The van der Waals surface area contributed by atoms with Crippen molar-refractivity contribution in [2.75, 3.05) is 9.91 Å². The zero-order chi connectivity index (χ0) is 32.5. The molecule has 0 saturated heterocycles. The van der Waals surface area contributed by atoms with Crippen molar-refractivity contribution in [2.45, 2.75) is 5.92 Å². The minimum absolute atomic E-state index is 0.0767. The van der Waals surface area contributed by atoms with Crippen LogP contribution < -0.4 is 9.91 Å². The maximum absolute atomic E-state index is 2.53. The van der Waals surface area contributed by atoms with Crippen LogP contribution in [0.2, 0.25) is 0 Å². The first-order chi connectivity index (χ1) is 24.8. The molecule has 3 aliphatic rings. The number of hydrogen-bond acceptors (Lipinski definition) is 2. The van der Waals surface area contributed by atoms with Gasteiger partial charge in [-0.25, -0.2) is 9.69 Å². The van der Waals surface area contributed by atoms with Crippen molar-refractivity contribution in [3.63, 3.8) is 0 Å². The molecule has 3 heteroatoms. The Morgan fingerprint density at radius 1 is 0.460 bits per heavy atom. The third-order valence-electron chi connectivity index (χ3n) is 11.1. The van der Waals surface area contributed by atoms with E-state index in [1.807, 2.05) is 0 Å². The first-order valence-electron chi connectivity index (χ1n) is 17.4. The second-order valence-corrected chi connectivity index (χ2v) is 13.8. The van der Waals surface area contributed by atoms with Crippen molar-refractivity contribution in [3.8, 4) is 0 Å². The van der Waals surface area contributed by atoms with Crippen molar-refractivity contribution in [3.05, 3.63) is 187 Å². The van der Waals surface area contributed by atoms with E-state index >= 15 is 0 Å². The topological polar surface area (TPSA) is 11.4 Å². The summed E-state index contributed by atoms with van der Waals surface area (Å²) in [6.07, 6.45) is 9.14. The first-order valence-corrected chi connectivity index (χ1v) is 17.4. The predicted molar refractivity (Wildman–Crippen MR) is 210 cm³/mol. The van der Waals surface area contributed by atoms with Crippen LogP contribution in [-0.2, 0) is 0 Å². The lowest BCUT2D eigenvalue weighted by atomic mass is 9.88. The smallest absolute Gasteiger partial charge is 0.0881 e. The van der Waals surface area contributed by atoms with Gasteiger partial charge in [0.25, 0.3) is 0 Å². The number of anilines is 3. The van der Waals surface area contributed by atoms with Crippen LogP contribution in [0.25, 0.3) is 64.9 Å². The van der Waals surface area contributed by atoms with Crippen LogP contribution in [0.3, 0.4) is 0 Å². The number of benzene rings is 8. The molecule has 8 aromatic carbocycles.